The van der Waals surface area contributed by atoms with Crippen LogP contribution in [0.1, 0.15) is 19.5 Å². The SMILES string of the molecule is COC(=O)[C@@H](NCc1ccccn1)C(C)C. The normalized spacial score (nSPS) is 12.5. The summed E-state index contributed by atoms with van der Waals surface area (Å²) in [6.45, 7) is 4.53. The van der Waals surface area contributed by atoms with E-state index in [0.717, 1.165) is 5.69 Å². The molecule has 4 heteroatoms. The van der Waals surface area contributed by atoms with Gasteiger partial charge in [0.25, 0.3) is 0 Å². The molecule has 1 atom stereocenters. The van der Waals surface area contributed by atoms with E-state index in [1.165, 1.54) is 7.11 Å². The Labute approximate surface area is 96.0 Å². The molecule has 4 nitrogen and oxygen atoms in total. The third kappa shape index (κ3) is 3.62. The molecule has 0 saturated carbocycles. The molecule has 1 rings (SSSR count). The molecule has 0 unspecified atom stereocenters. The molecule has 1 aromatic rings. The van der Waals surface area contributed by atoms with Gasteiger partial charge in [-0.05, 0) is 18.1 Å². The molecule has 0 radical (unpaired) electrons. The van der Waals surface area contributed by atoms with Crippen LogP contribution in [0.25, 0.3) is 0 Å². The summed E-state index contributed by atoms with van der Waals surface area (Å²) in [6.07, 6.45) is 1.74. The van der Waals surface area contributed by atoms with Crippen molar-refractivity contribution in [3.63, 3.8) is 0 Å². The molecule has 0 aliphatic rings. The number of nitrogens with one attached hydrogen (secondary N) is 1. The summed E-state index contributed by atoms with van der Waals surface area (Å²) in [7, 11) is 1.40. The summed E-state index contributed by atoms with van der Waals surface area (Å²) >= 11 is 0. The smallest absolute Gasteiger partial charge is 0.323 e. The fourth-order valence-corrected chi connectivity index (χ4v) is 1.44. The first-order valence-electron chi connectivity index (χ1n) is 5.36. The summed E-state index contributed by atoms with van der Waals surface area (Å²) < 4.78 is 4.74. The minimum Gasteiger partial charge on any atom is -0.468 e. The highest BCUT2D eigenvalue weighted by Gasteiger charge is 2.21. The second-order valence-corrected chi connectivity index (χ2v) is 3.95. The minimum absolute atomic E-state index is 0.191. The van der Waals surface area contributed by atoms with E-state index < -0.39 is 0 Å². The van der Waals surface area contributed by atoms with Crippen LogP contribution in [0.3, 0.4) is 0 Å². The number of hydrogen-bond acceptors (Lipinski definition) is 4. The van der Waals surface area contributed by atoms with E-state index >= 15 is 0 Å². The Kier molecular flexibility index (Phi) is 4.92. The van der Waals surface area contributed by atoms with Gasteiger partial charge in [-0.25, -0.2) is 0 Å². The van der Waals surface area contributed by atoms with Gasteiger partial charge >= 0.3 is 5.97 Å². The van der Waals surface area contributed by atoms with Crippen LogP contribution < -0.4 is 5.32 Å². The van der Waals surface area contributed by atoms with Crippen molar-refractivity contribution in [2.24, 2.45) is 5.92 Å². The quantitative estimate of drug-likeness (QED) is 0.764. The van der Waals surface area contributed by atoms with Crippen molar-refractivity contribution in [2.75, 3.05) is 7.11 Å². The summed E-state index contributed by atoms with van der Waals surface area (Å²) in [5.41, 5.74) is 0.914. The lowest BCUT2D eigenvalue weighted by atomic mass is 10.0. The van der Waals surface area contributed by atoms with E-state index in [9.17, 15) is 4.79 Å². The highest BCUT2D eigenvalue weighted by Crippen LogP contribution is 2.04. The largest absolute Gasteiger partial charge is 0.468 e. The molecule has 16 heavy (non-hydrogen) atoms. The van der Waals surface area contributed by atoms with Gasteiger partial charge in [-0.3, -0.25) is 15.1 Å². The van der Waals surface area contributed by atoms with Gasteiger partial charge in [0, 0.05) is 12.7 Å². The van der Waals surface area contributed by atoms with Crippen LogP contribution in [0.15, 0.2) is 24.4 Å². The summed E-state index contributed by atoms with van der Waals surface area (Å²) in [4.78, 5) is 15.7. The lowest BCUT2D eigenvalue weighted by Crippen LogP contribution is -2.41. The zero-order valence-electron chi connectivity index (χ0n) is 9.93. The van der Waals surface area contributed by atoms with Crippen LogP contribution in [-0.2, 0) is 16.1 Å². The van der Waals surface area contributed by atoms with Crippen molar-refractivity contribution >= 4 is 5.97 Å². The Bertz CT molecular complexity index is 325. The number of rotatable bonds is 5. The predicted molar refractivity (Wildman–Crippen MR) is 61.7 cm³/mol. The maximum atomic E-state index is 11.5. The first kappa shape index (κ1) is 12.6. The molecule has 0 aromatic carbocycles. The molecule has 88 valence electrons. The lowest BCUT2D eigenvalue weighted by Gasteiger charge is -2.19. The maximum absolute atomic E-state index is 11.5. The lowest BCUT2D eigenvalue weighted by molar-refractivity contribution is -0.144. The van der Waals surface area contributed by atoms with Gasteiger partial charge in [-0.2, -0.15) is 0 Å². The Morgan fingerprint density at radius 1 is 1.50 bits per heavy atom. The van der Waals surface area contributed by atoms with Gasteiger partial charge in [0.05, 0.1) is 12.8 Å². The molecular weight excluding hydrogens is 204 g/mol. The van der Waals surface area contributed by atoms with Crippen molar-refractivity contribution in [2.45, 2.75) is 26.4 Å². The van der Waals surface area contributed by atoms with Gasteiger partial charge in [0.2, 0.25) is 0 Å². The number of aromatic nitrogens is 1. The number of carbonyl (C=O) groups excluding carboxylic acids is 1. The molecule has 0 aliphatic carbocycles. The molecule has 0 saturated heterocycles. The standard InChI is InChI=1S/C12H18N2O2/c1-9(2)11(12(15)16-3)14-8-10-6-4-5-7-13-10/h4-7,9,11,14H,8H2,1-3H3/t11-/m0/s1. The fraction of sp³-hybridized carbons (Fsp3) is 0.500. The van der Waals surface area contributed by atoms with Crippen LogP contribution in [-0.4, -0.2) is 24.1 Å². The number of nitrogens with zero attached hydrogens (tertiary/aromatic N) is 1. The van der Waals surface area contributed by atoms with Gasteiger partial charge in [-0.1, -0.05) is 19.9 Å². The average Bonchev–Trinajstić information content (AvgIpc) is 2.30. The van der Waals surface area contributed by atoms with Crippen LogP contribution in [0, 0.1) is 5.92 Å². The molecule has 1 N–H and O–H groups in total. The molecule has 0 spiro atoms. The highest BCUT2D eigenvalue weighted by molar-refractivity contribution is 5.75. The average molecular weight is 222 g/mol. The molecule has 0 aliphatic heterocycles. The third-order valence-electron chi connectivity index (χ3n) is 2.35. The van der Waals surface area contributed by atoms with Gasteiger partial charge in [0.1, 0.15) is 6.04 Å². The predicted octanol–water partition coefficient (Wildman–Crippen LogP) is 1.37. The number of esters is 1. The number of carbonyl (C=O) groups is 1. The molecule has 0 fully saturated rings. The molecule has 1 aromatic heterocycles. The molecular formula is C12H18N2O2. The second-order valence-electron chi connectivity index (χ2n) is 3.95. The van der Waals surface area contributed by atoms with Gasteiger partial charge in [0.15, 0.2) is 0 Å². The molecule has 0 bridgehead atoms. The van der Waals surface area contributed by atoms with E-state index in [1.54, 1.807) is 6.20 Å². The van der Waals surface area contributed by atoms with Crippen molar-refractivity contribution in [3.8, 4) is 0 Å². The summed E-state index contributed by atoms with van der Waals surface area (Å²) in [5, 5.41) is 3.15. The maximum Gasteiger partial charge on any atom is 0.323 e. The monoisotopic (exact) mass is 222 g/mol. The van der Waals surface area contributed by atoms with Gasteiger partial charge in [-0.15, -0.1) is 0 Å². The van der Waals surface area contributed by atoms with Crippen molar-refractivity contribution in [1.82, 2.24) is 10.3 Å². The molecule has 0 amide bonds. The fourth-order valence-electron chi connectivity index (χ4n) is 1.44. The molecule has 1 heterocycles. The van der Waals surface area contributed by atoms with Crippen LogP contribution >= 0.6 is 0 Å². The Morgan fingerprint density at radius 2 is 2.25 bits per heavy atom. The van der Waals surface area contributed by atoms with Crippen LogP contribution in [0.2, 0.25) is 0 Å². The van der Waals surface area contributed by atoms with E-state index in [1.807, 2.05) is 32.0 Å². The van der Waals surface area contributed by atoms with E-state index in [0.29, 0.717) is 6.54 Å². The number of methoxy groups -OCH3 is 1. The minimum atomic E-state index is -0.285. The number of pyridine rings is 1. The van der Waals surface area contributed by atoms with Crippen LogP contribution in [0.4, 0.5) is 0 Å². The first-order chi connectivity index (χ1) is 7.65. The highest BCUT2D eigenvalue weighted by atomic mass is 16.5. The van der Waals surface area contributed by atoms with Crippen molar-refractivity contribution in [1.29, 1.82) is 0 Å². The summed E-state index contributed by atoms with van der Waals surface area (Å²) in [6, 6.07) is 5.42. The topological polar surface area (TPSA) is 51.2 Å². The Balaban J connectivity index is 2.54. The van der Waals surface area contributed by atoms with E-state index in [4.69, 9.17) is 4.74 Å². The second kappa shape index (κ2) is 6.23. The van der Waals surface area contributed by atoms with E-state index in [-0.39, 0.29) is 17.9 Å². The Hall–Kier alpha value is -1.42. The third-order valence-corrected chi connectivity index (χ3v) is 2.35. The van der Waals surface area contributed by atoms with Crippen molar-refractivity contribution in [3.05, 3.63) is 30.1 Å². The number of hydrogen-bond donors (Lipinski definition) is 1. The zero-order valence-corrected chi connectivity index (χ0v) is 9.93. The van der Waals surface area contributed by atoms with Crippen LogP contribution in [0.5, 0.6) is 0 Å². The Morgan fingerprint density at radius 3 is 2.75 bits per heavy atom. The van der Waals surface area contributed by atoms with Crippen molar-refractivity contribution < 1.29 is 9.53 Å². The summed E-state index contributed by atoms with van der Waals surface area (Å²) in [5.74, 6) is -0.0397. The van der Waals surface area contributed by atoms with E-state index in [2.05, 4.69) is 10.3 Å². The zero-order chi connectivity index (χ0) is 12.0. The number of ether oxygens (including phenoxy) is 1. The first-order valence-corrected chi connectivity index (χ1v) is 5.36. The van der Waals surface area contributed by atoms with Gasteiger partial charge < -0.3 is 4.74 Å².